The second-order valence-electron chi connectivity index (χ2n) is 6.96. The van der Waals surface area contributed by atoms with Crippen molar-refractivity contribution in [2.45, 2.75) is 24.8 Å². The first-order valence-electron chi connectivity index (χ1n) is 9.98. The smallest absolute Gasteiger partial charge is 0.293 e. The predicted octanol–water partition coefficient (Wildman–Crippen LogP) is 2.61. The highest BCUT2D eigenvalue weighted by Crippen LogP contribution is 2.27. The number of hydrogen-bond acceptors (Lipinski definition) is 7. The average Bonchev–Trinajstić information content (AvgIpc) is 2.74. The minimum atomic E-state index is -3.56. The lowest BCUT2D eigenvalue weighted by molar-refractivity contribution is -0.384. The van der Waals surface area contributed by atoms with Gasteiger partial charge in [-0.25, -0.2) is 8.42 Å². The lowest BCUT2D eigenvalue weighted by atomic mass is 10.0. The Morgan fingerprint density at radius 1 is 1.10 bits per heavy atom. The standard InChI is InChI=1S/C21H28N4O5S/c1-4-24(5-2)20(16-9-7-6-8-10-16)21(26)23-14-13-22-18-12-11-17(31(3,29)30)15-19(18)25(27)28/h6-12,15,20,22H,4-5,13-14H2,1-3H3,(H,23,26). The largest absolute Gasteiger partial charge is 0.378 e. The van der Waals surface area contributed by atoms with E-state index in [1.54, 1.807) is 0 Å². The van der Waals surface area contributed by atoms with Crippen LogP contribution >= 0.6 is 0 Å². The van der Waals surface area contributed by atoms with Crippen molar-refractivity contribution in [1.82, 2.24) is 10.2 Å². The molecule has 10 heteroatoms. The van der Waals surface area contributed by atoms with E-state index in [0.717, 1.165) is 17.9 Å². The van der Waals surface area contributed by atoms with Crippen molar-refractivity contribution in [3.63, 3.8) is 0 Å². The molecule has 1 amide bonds. The first-order chi connectivity index (χ1) is 14.7. The molecule has 1 unspecified atom stereocenters. The summed E-state index contributed by atoms with van der Waals surface area (Å²) in [5, 5.41) is 17.1. The van der Waals surface area contributed by atoms with E-state index in [-0.39, 0.29) is 35.3 Å². The molecule has 2 aromatic rings. The van der Waals surface area contributed by atoms with Gasteiger partial charge in [0.2, 0.25) is 5.91 Å². The third kappa shape index (κ3) is 6.50. The number of anilines is 1. The number of rotatable bonds is 11. The van der Waals surface area contributed by atoms with Gasteiger partial charge >= 0.3 is 0 Å². The quantitative estimate of drug-likeness (QED) is 0.308. The van der Waals surface area contributed by atoms with Crippen LogP contribution in [0, 0.1) is 10.1 Å². The first-order valence-corrected chi connectivity index (χ1v) is 11.9. The summed E-state index contributed by atoms with van der Waals surface area (Å²) >= 11 is 0. The third-order valence-electron chi connectivity index (χ3n) is 4.87. The number of carbonyl (C=O) groups excluding carboxylic acids is 1. The molecule has 0 heterocycles. The maximum absolute atomic E-state index is 12.9. The van der Waals surface area contributed by atoms with Gasteiger partial charge in [-0.3, -0.25) is 19.8 Å². The van der Waals surface area contributed by atoms with Gasteiger partial charge < -0.3 is 10.6 Å². The molecule has 31 heavy (non-hydrogen) atoms. The zero-order chi connectivity index (χ0) is 23.0. The average molecular weight is 449 g/mol. The molecule has 2 N–H and O–H groups in total. The van der Waals surface area contributed by atoms with Crippen molar-refractivity contribution in [1.29, 1.82) is 0 Å². The summed E-state index contributed by atoms with van der Waals surface area (Å²) in [4.78, 5) is 25.5. The Kier molecular flexibility index (Phi) is 8.52. The summed E-state index contributed by atoms with van der Waals surface area (Å²) in [6, 6.07) is 12.8. The number of nitrogens with zero attached hydrogens (tertiary/aromatic N) is 2. The molecule has 0 spiro atoms. The molecule has 0 saturated carbocycles. The van der Waals surface area contributed by atoms with Gasteiger partial charge in [-0.15, -0.1) is 0 Å². The molecule has 0 radical (unpaired) electrons. The molecule has 168 valence electrons. The van der Waals surface area contributed by atoms with Crippen LogP contribution in [-0.4, -0.2) is 56.6 Å². The summed E-state index contributed by atoms with van der Waals surface area (Å²) in [6.45, 7) is 5.89. The molecule has 0 saturated heterocycles. The fourth-order valence-corrected chi connectivity index (χ4v) is 3.92. The predicted molar refractivity (Wildman–Crippen MR) is 120 cm³/mol. The molecule has 0 aliphatic heterocycles. The molecular weight excluding hydrogens is 420 g/mol. The normalized spacial score (nSPS) is 12.4. The lowest BCUT2D eigenvalue weighted by Gasteiger charge is -2.29. The van der Waals surface area contributed by atoms with Gasteiger partial charge in [0.15, 0.2) is 9.84 Å². The van der Waals surface area contributed by atoms with Crippen LogP contribution in [0.25, 0.3) is 0 Å². The van der Waals surface area contributed by atoms with Crippen LogP contribution in [0.5, 0.6) is 0 Å². The van der Waals surface area contributed by atoms with Crippen LogP contribution in [0.2, 0.25) is 0 Å². The van der Waals surface area contributed by atoms with E-state index < -0.39 is 20.8 Å². The second kappa shape index (κ2) is 10.9. The third-order valence-corrected chi connectivity index (χ3v) is 5.99. The van der Waals surface area contributed by atoms with Gasteiger partial charge in [0, 0.05) is 25.4 Å². The number of benzene rings is 2. The Bertz CT molecular complexity index is 1010. The maximum atomic E-state index is 12.9. The molecule has 0 fully saturated rings. The van der Waals surface area contributed by atoms with Crippen LogP contribution in [0.3, 0.4) is 0 Å². The zero-order valence-corrected chi connectivity index (χ0v) is 18.7. The molecule has 0 aromatic heterocycles. The van der Waals surface area contributed by atoms with Gasteiger partial charge in [0.1, 0.15) is 11.7 Å². The van der Waals surface area contributed by atoms with Gasteiger partial charge in [-0.2, -0.15) is 0 Å². The van der Waals surface area contributed by atoms with Gasteiger partial charge in [-0.1, -0.05) is 44.2 Å². The van der Waals surface area contributed by atoms with Crippen LogP contribution in [-0.2, 0) is 14.6 Å². The number of carbonyl (C=O) groups is 1. The highest BCUT2D eigenvalue weighted by Gasteiger charge is 2.25. The Morgan fingerprint density at radius 2 is 1.74 bits per heavy atom. The van der Waals surface area contributed by atoms with E-state index in [1.165, 1.54) is 12.1 Å². The van der Waals surface area contributed by atoms with E-state index in [9.17, 15) is 23.3 Å². The Morgan fingerprint density at radius 3 is 2.29 bits per heavy atom. The minimum absolute atomic E-state index is 0.122. The number of nitrogens with one attached hydrogen (secondary N) is 2. The summed E-state index contributed by atoms with van der Waals surface area (Å²) in [7, 11) is -3.56. The Labute approximate surface area is 182 Å². The lowest BCUT2D eigenvalue weighted by Crippen LogP contribution is -2.41. The molecule has 0 bridgehead atoms. The number of hydrogen-bond donors (Lipinski definition) is 2. The number of amides is 1. The summed E-state index contributed by atoms with van der Waals surface area (Å²) in [5.41, 5.74) is 0.748. The van der Waals surface area contributed by atoms with Crippen molar-refractivity contribution in [2.24, 2.45) is 0 Å². The van der Waals surface area contributed by atoms with Crippen molar-refractivity contribution in [3.05, 3.63) is 64.2 Å². The van der Waals surface area contributed by atoms with Gasteiger partial charge in [0.05, 0.1) is 9.82 Å². The molecule has 9 nitrogen and oxygen atoms in total. The van der Waals surface area contributed by atoms with Crippen molar-refractivity contribution in [2.75, 3.05) is 37.8 Å². The Hall–Kier alpha value is -2.98. The summed E-state index contributed by atoms with van der Waals surface area (Å²) in [5.74, 6) is -0.154. The van der Waals surface area contributed by atoms with E-state index in [1.807, 2.05) is 49.1 Å². The highest BCUT2D eigenvalue weighted by atomic mass is 32.2. The van der Waals surface area contributed by atoms with E-state index in [0.29, 0.717) is 13.1 Å². The molecule has 2 rings (SSSR count). The molecule has 0 aliphatic rings. The van der Waals surface area contributed by atoms with Crippen molar-refractivity contribution < 1.29 is 18.1 Å². The number of sulfone groups is 1. The molecular formula is C21H28N4O5S. The monoisotopic (exact) mass is 448 g/mol. The number of nitro benzene ring substituents is 1. The molecule has 1 atom stereocenters. The van der Waals surface area contributed by atoms with E-state index in [2.05, 4.69) is 10.6 Å². The van der Waals surface area contributed by atoms with E-state index in [4.69, 9.17) is 0 Å². The minimum Gasteiger partial charge on any atom is -0.378 e. The highest BCUT2D eigenvalue weighted by molar-refractivity contribution is 7.90. The van der Waals surface area contributed by atoms with Crippen LogP contribution in [0.1, 0.15) is 25.5 Å². The SMILES string of the molecule is CCN(CC)C(C(=O)NCCNc1ccc(S(C)(=O)=O)cc1[N+](=O)[O-])c1ccccc1. The summed E-state index contributed by atoms with van der Waals surface area (Å²) in [6.07, 6.45) is 0.994. The fraction of sp³-hybridized carbons (Fsp3) is 0.381. The summed E-state index contributed by atoms with van der Waals surface area (Å²) < 4.78 is 23.3. The molecule has 0 aliphatic carbocycles. The number of nitro groups is 1. The van der Waals surface area contributed by atoms with E-state index >= 15 is 0 Å². The van der Waals surface area contributed by atoms with Crippen LogP contribution in [0.4, 0.5) is 11.4 Å². The number of likely N-dealkylation sites (N-methyl/N-ethyl adjacent to an activating group) is 1. The molecule has 2 aromatic carbocycles. The van der Waals surface area contributed by atoms with Crippen molar-refractivity contribution >= 4 is 27.1 Å². The maximum Gasteiger partial charge on any atom is 0.293 e. The zero-order valence-electron chi connectivity index (χ0n) is 17.9. The van der Waals surface area contributed by atoms with Gasteiger partial charge in [-0.05, 0) is 30.8 Å². The first kappa shape index (κ1) is 24.3. The van der Waals surface area contributed by atoms with Crippen molar-refractivity contribution in [3.8, 4) is 0 Å². The second-order valence-corrected chi connectivity index (χ2v) is 8.98. The Balaban J connectivity index is 2.05. The van der Waals surface area contributed by atoms with Crippen LogP contribution < -0.4 is 10.6 Å². The van der Waals surface area contributed by atoms with Gasteiger partial charge in [0.25, 0.3) is 5.69 Å². The van der Waals surface area contributed by atoms with Crippen LogP contribution in [0.15, 0.2) is 53.4 Å². The fourth-order valence-electron chi connectivity index (χ4n) is 3.27. The topological polar surface area (TPSA) is 122 Å².